The predicted octanol–water partition coefficient (Wildman–Crippen LogP) is 3.53. The molecule has 1 atom stereocenters. The standard InChI is InChI=1S/C16H14N2OS2/c1-18-11-3-2-9(6-10(11)7-15(18)19)16(17)14-8-13-12(21-14)4-5-20-13/h2-6,8,16H,7,17H2,1H3. The molecule has 1 unspecified atom stereocenters. The van der Waals surface area contributed by atoms with Crippen molar-refractivity contribution in [2.45, 2.75) is 12.5 Å². The first-order valence-electron chi connectivity index (χ1n) is 6.75. The Morgan fingerprint density at radius 1 is 1.24 bits per heavy atom. The van der Waals surface area contributed by atoms with Crippen LogP contribution in [-0.4, -0.2) is 13.0 Å². The van der Waals surface area contributed by atoms with E-state index in [1.807, 2.05) is 19.2 Å². The van der Waals surface area contributed by atoms with Gasteiger partial charge in [-0.2, -0.15) is 0 Å². The molecule has 0 spiro atoms. The van der Waals surface area contributed by atoms with Gasteiger partial charge in [-0.25, -0.2) is 0 Å². The first-order chi connectivity index (χ1) is 10.1. The van der Waals surface area contributed by atoms with Crippen molar-refractivity contribution in [1.29, 1.82) is 0 Å². The van der Waals surface area contributed by atoms with Gasteiger partial charge in [0.15, 0.2) is 0 Å². The van der Waals surface area contributed by atoms with Crippen LogP contribution in [0, 0.1) is 0 Å². The molecular weight excluding hydrogens is 300 g/mol. The van der Waals surface area contributed by atoms with Crippen molar-refractivity contribution in [3.05, 3.63) is 51.7 Å². The fraction of sp³-hybridized carbons (Fsp3) is 0.188. The monoisotopic (exact) mass is 314 g/mol. The van der Waals surface area contributed by atoms with Gasteiger partial charge in [0.25, 0.3) is 0 Å². The van der Waals surface area contributed by atoms with E-state index in [0.717, 1.165) is 16.8 Å². The highest BCUT2D eigenvalue weighted by molar-refractivity contribution is 7.27. The number of nitrogens with zero attached hydrogens (tertiary/aromatic N) is 1. The van der Waals surface area contributed by atoms with Crippen LogP contribution in [0.3, 0.4) is 0 Å². The van der Waals surface area contributed by atoms with Crippen LogP contribution in [0.2, 0.25) is 0 Å². The summed E-state index contributed by atoms with van der Waals surface area (Å²) >= 11 is 3.49. The Morgan fingerprint density at radius 2 is 2.10 bits per heavy atom. The van der Waals surface area contributed by atoms with E-state index in [0.29, 0.717) is 6.42 Å². The fourth-order valence-electron chi connectivity index (χ4n) is 2.79. The zero-order chi connectivity index (χ0) is 14.6. The summed E-state index contributed by atoms with van der Waals surface area (Å²) in [5.41, 5.74) is 9.57. The van der Waals surface area contributed by atoms with E-state index >= 15 is 0 Å². The number of hydrogen-bond acceptors (Lipinski definition) is 4. The molecule has 106 valence electrons. The molecule has 0 aliphatic carbocycles. The third-order valence-electron chi connectivity index (χ3n) is 4.00. The van der Waals surface area contributed by atoms with E-state index in [9.17, 15) is 4.79 Å². The Kier molecular flexibility index (Phi) is 2.89. The highest BCUT2D eigenvalue weighted by Gasteiger charge is 2.25. The molecule has 5 heteroatoms. The maximum atomic E-state index is 11.8. The Labute approximate surface area is 130 Å². The molecule has 3 heterocycles. The molecule has 1 amide bonds. The van der Waals surface area contributed by atoms with E-state index in [-0.39, 0.29) is 11.9 Å². The zero-order valence-electron chi connectivity index (χ0n) is 11.5. The molecule has 4 rings (SSSR count). The van der Waals surface area contributed by atoms with Crippen LogP contribution in [0.4, 0.5) is 5.69 Å². The second-order valence-electron chi connectivity index (χ2n) is 5.29. The van der Waals surface area contributed by atoms with E-state index in [1.54, 1.807) is 27.6 Å². The van der Waals surface area contributed by atoms with Gasteiger partial charge in [0.1, 0.15) is 0 Å². The van der Waals surface area contributed by atoms with Crippen LogP contribution in [-0.2, 0) is 11.2 Å². The van der Waals surface area contributed by atoms with Gasteiger partial charge in [-0.1, -0.05) is 12.1 Å². The van der Waals surface area contributed by atoms with Gasteiger partial charge >= 0.3 is 0 Å². The lowest BCUT2D eigenvalue weighted by molar-refractivity contribution is -0.117. The van der Waals surface area contributed by atoms with E-state index < -0.39 is 0 Å². The molecular formula is C16H14N2OS2. The number of anilines is 1. The summed E-state index contributed by atoms with van der Waals surface area (Å²) in [7, 11) is 1.82. The maximum absolute atomic E-state index is 11.8. The molecule has 0 saturated heterocycles. The van der Waals surface area contributed by atoms with Crippen LogP contribution in [0.1, 0.15) is 22.0 Å². The van der Waals surface area contributed by atoms with E-state index in [4.69, 9.17) is 5.73 Å². The van der Waals surface area contributed by atoms with E-state index in [2.05, 4.69) is 23.6 Å². The van der Waals surface area contributed by atoms with Gasteiger partial charge in [0, 0.05) is 27.0 Å². The largest absolute Gasteiger partial charge is 0.320 e. The summed E-state index contributed by atoms with van der Waals surface area (Å²) in [6.45, 7) is 0. The number of carbonyl (C=O) groups excluding carboxylic acids is 1. The minimum atomic E-state index is -0.124. The third kappa shape index (κ3) is 2.00. The topological polar surface area (TPSA) is 46.3 Å². The average molecular weight is 314 g/mol. The summed E-state index contributed by atoms with van der Waals surface area (Å²) in [4.78, 5) is 14.7. The second kappa shape index (κ2) is 4.66. The fourth-order valence-corrected chi connectivity index (χ4v) is 4.93. The van der Waals surface area contributed by atoms with Crippen LogP contribution >= 0.6 is 22.7 Å². The molecule has 3 nitrogen and oxygen atoms in total. The Morgan fingerprint density at radius 3 is 2.90 bits per heavy atom. The van der Waals surface area contributed by atoms with Crippen molar-refractivity contribution in [1.82, 2.24) is 0 Å². The number of nitrogens with two attached hydrogens (primary N) is 1. The van der Waals surface area contributed by atoms with Gasteiger partial charge in [-0.3, -0.25) is 4.79 Å². The average Bonchev–Trinajstić information content (AvgIpc) is 3.12. The summed E-state index contributed by atoms with van der Waals surface area (Å²) in [5.74, 6) is 0.146. The normalized spacial score (nSPS) is 15.7. The molecule has 21 heavy (non-hydrogen) atoms. The summed E-state index contributed by atoms with van der Waals surface area (Å²) in [6, 6.07) is 10.3. The third-order valence-corrected chi connectivity index (χ3v) is 6.18. The molecule has 1 aliphatic rings. The van der Waals surface area contributed by atoms with Crippen LogP contribution in [0.5, 0.6) is 0 Å². The number of carbonyl (C=O) groups is 1. The molecule has 3 aromatic rings. The van der Waals surface area contributed by atoms with Crippen molar-refractivity contribution in [3.8, 4) is 0 Å². The van der Waals surface area contributed by atoms with Crippen molar-refractivity contribution in [2.75, 3.05) is 11.9 Å². The van der Waals surface area contributed by atoms with Crippen molar-refractivity contribution < 1.29 is 4.79 Å². The lowest BCUT2D eigenvalue weighted by Gasteiger charge is -2.13. The number of amides is 1. The second-order valence-corrected chi connectivity index (χ2v) is 7.36. The zero-order valence-corrected chi connectivity index (χ0v) is 13.1. The molecule has 0 bridgehead atoms. The summed E-state index contributed by atoms with van der Waals surface area (Å²) in [6.07, 6.45) is 0.478. The molecule has 0 saturated carbocycles. The molecule has 2 aromatic heterocycles. The Balaban J connectivity index is 1.72. The predicted molar refractivity (Wildman–Crippen MR) is 89.3 cm³/mol. The van der Waals surface area contributed by atoms with Crippen molar-refractivity contribution >= 4 is 43.7 Å². The lowest BCUT2D eigenvalue weighted by Crippen LogP contribution is -2.20. The molecule has 0 fully saturated rings. The minimum Gasteiger partial charge on any atom is -0.320 e. The van der Waals surface area contributed by atoms with Gasteiger partial charge in [0.2, 0.25) is 5.91 Å². The van der Waals surface area contributed by atoms with Crippen LogP contribution in [0.25, 0.3) is 9.40 Å². The van der Waals surface area contributed by atoms with Gasteiger partial charge in [-0.05, 0) is 34.7 Å². The SMILES string of the molecule is CN1C(=O)Cc2cc(C(N)c3cc4sccc4s3)ccc21. The van der Waals surface area contributed by atoms with Crippen molar-refractivity contribution in [3.63, 3.8) is 0 Å². The van der Waals surface area contributed by atoms with Gasteiger partial charge in [0.05, 0.1) is 12.5 Å². The number of hydrogen-bond donors (Lipinski definition) is 1. The highest BCUT2D eigenvalue weighted by Crippen LogP contribution is 2.36. The molecule has 0 radical (unpaired) electrons. The number of rotatable bonds is 2. The number of thiophene rings is 2. The smallest absolute Gasteiger partial charge is 0.231 e. The quantitative estimate of drug-likeness (QED) is 0.786. The minimum absolute atomic E-state index is 0.124. The molecule has 1 aliphatic heterocycles. The van der Waals surface area contributed by atoms with Crippen LogP contribution < -0.4 is 10.6 Å². The van der Waals surface area contributed by atoms with E-state index in [1.165, 1.54) is 14.3 Å². The first-order valence-corrected chi connectivity index (χ1v) is 8.45. The van der Waals surface area contributed by atoms with Crippen LogP contribution in [0.15, 0.2) is 35.7 Å². The summed E-state index contributed by atoms with van der Waals surface area (Å²) in [5, 5.41) is 2.10. The van der Waals surface area contributed by atoms with Gasteiger partial charge < -0.3 is 10.6 Å². The maximum Gasteiger partial charge on any atom is 0.231 e. The first kappa shape index (κ1) is 13.0. The molecule has 1 aromatic carbocycles. The highest BCUT2D eigenvalue weighted by atomic mass is 32.1. The number of fused-ring (bicyclic) bond motifs is 2. The molecule has 2 N–H and O–H groups in total. The number of likely N-dealkylation sites (N-methyl/N-ethyl adjacent to an activating group) is 1. The summed E-state index contributed by atoms with van der Waals surface area (Å²) < 4.78 is 2.59. The Hall–Kier alpha value is -1.69. The number of benzene rings is 1. The Bertz CT molecular complexity index is 820. The van der Waals surface area contributed by atoms with Gasteiger partial charge in [-0.15, -0.1) is 22.7 Å². The van der Waals surface area contributed by atoms with Crippen molar-refractivity contribution in [2.24, 2.45) is 5.73 Å². The lowest BCUT2D eigenvalue weighted by atomic mass is 10.0.